The number of nitrogens with zero attached hydrogens (tertiary/aromatic N) is 1. The van der Waals surface area contributed by atoms with Crippen LogP contribution >= 0.6 is 0 Å². The number of esters is 1. The van der Waals surface area contributed by atoms with Crippen molar-refractivity contribution in [3.05, 3.63) is 53.6 Å². The molecule has 0 bridgehead atoms. The summed E-state index contributed by atoms with van der Waals surface area (Å²) < 4.78 is 31.3. The molecule has 1 fully saturated rings. The number of hydrogen-bond donors (Lipinski definition) is 1. The highest BCUT2D eigenvalue weighted by Crippen LogP contribution is 2.62. The lowest BCUT2D eigenvalue weighted by Crippen LogP contribution is -2.53. The van der Waals surface area contributed by atoms with E-state index >= 15 is 0 Å². The molecule has 0 aromatic heterocycles. The largest absolute Gasteiger partial charge is 0.469 e. The first-order valence-electron chi connectivity index (χ1n) is 12.5. The summed E-state index contributed by atoms with van der Waals surface area (Å²) in [5.41, 5.74) is 3.34. The maximum Gasteiger partial charge on any atom is 0.311 e. The van der Waals surface area contributed by atoms with Gasteiger partial charge in [-0.05, 0) is 86.8 Å². The second-order valence-corrected chi connectivity index (χ2v) is 13.1. The molecule has 0 saturated heterocycles. The molecule has 4 atom stereocenters. The van der Waals surface area contributed by atoms with Gasteiger partial charge in [0.1, 0.15) is 0 Å². The van der Waals surface area contributed by atoms with E-state index in [2.05, 4.69) is 30.4 Å². The fraction of sp³-hybridized carbons (Fsp3) is 0.571. The molecule has 190 valence electrons. The van der Waals surface area contributed by atoms with Gasteiger partial charge in [-0.15, -0.1) is 6.58 Å². The van der Waals surface area contributed by atoms with E-state index in [1.807, 2.05) is 19.9 Å². The number of sulfonamides is 1. The monoisotopic (exact) mass is 498 g/mol. The van der Waals surface area contributed by atoms with Crippen molar-refractivity contribution in [3.63, 3.8) is 0 Å². The molecule has 6 nitrogen and oxygen atoms in total. The Morgan fingerprint density at radius 3 is 2.49 bits per heavy atom. The van der Waals surface area contributed by atoms with Crippen molar-refractivity contribution in [1.82, 2.24) is 4.83 Å². The van der Waals surface area contributed by atoms with Crippen LogP contribution in [0.4, 0.5) is 0 Å². The highest BCUT2D eigenvalue weighted by atomic mass is 32.2. The summed E-state index contributed by atoms with van der Waals surface area (Å²) >= 11 is 0. The quantitative estimate of drug-likeness (QED) is 0.321. The highest BCUT2D eigenvalue weighted by molar-refractivity contribution is 7.89. The molecule has 0 aliphatic heterocycles. The van der Waals surface area contributed by atoms with Crippen LogP contribution in [-0.4, -0.2) is 27.2 Å². The summed E-state index contributed by atoms with van der Waals surface area (Å²) in [5.74, 6) is -0.200. The van der Waals surface area contributed by atoms with Crippen LogP contribution in [0.2, 0.25) is 0 Å². The summed E-state index contributed by atoms with van der Waals surface area (Å²) in [5, 5.41) is 4.55. The predicted molar refractivity (Wildman–Crippen MR) is 138 cm³/mol. The number of carbonyl (C=O) groups excluding carboxylic acids is 1. The minimum absolute atomic E-state index is 0.00864. The van der Waals surface area contributed by atoms with Gasteiger partial charge in [-0.2, -0.15) is 18.4 Å². The summed E-state index contributed by atoms with van der Waals surface area (Å²) in [6, 6.07) is 6.72. The maximum atomic E-state index is 13.0. The molecule has 3 aliphatic carbocycles. The first-order valence-corrected chi connectivity index (χ1v) is 14.0. The van der Waals surface area contributed by atoms with Gasteiger partial charge in [0.25, 0.3) is 10.0 Å². The first-order chi connectivity index (χ1) is 16.4. The highest BCUT2D eigenvalue weighted by Gasteiger charge is 2.58. The molecule has 3 aliphatic rings. The van der Waals surface area contributed by atoms with Gasteiger partial charge in [0.05, 0.1) is 23.1 Å². The number of nitrogens with one attached hydrogen (secondary N) is 1. The SMILES string of the molecule is C=C[C@]1(C)CCC2=C(C1)/C(=N\NS(=O)(=O)c1ccc(C)cc1)CC1[C@](C)(C(=O)OC)CCC[C@]21C. The van der Waals surface area contributed by atoms with Gasteiger partial charge in [0.15, 0.2) is 0 Å². The number of carbonyl (C=O) groups is 1. The number of fused-ring (bicyclic) bond motifs is 2. The molecule has 1 saturated carbocycles. The molecule has 0 amide bonds. The van der Waals surface area contributed by atoms with Crippen molar-refractivity contribution >= 4 is 21.7 Å². The van der Waals surface area contributed by atoms with Crippen LogP contribution in [0.1, 0.15) is 71.3 Å². The van der Waals surface area contributed by atoms with E-state index in [-0.39, 0.29) is 27.6 Å². The number of hydrazone groups is 1. The molecule has 1 aromatic rings. The van der Waals surface area contributed by atoms with Crippen LogP contribution < -0.4 is 4.83 Å². The number of rotatable bonds is 5. The van der Waals surface area contributed by atoms with Gasteiger partial charge in [-0.25, -0.2) is 0 Å². The summed E-state index contributed by atoms with van der Waals surface area (Å²) in [4.78, 5) is 15.7. The Labute approximate surface area is 210 Å². The number of benzene rings is 1. The predicted octanol–water partition coefficient (Wildman–Crippen LogP) is 5.69. The number of methoxy groups -OCH3 is 1. The zero-order valence-electron chi connectivity index (χ0n) is 21.6. The molecule has 0 heterocycles. The van der Waals surface area contributed by atoms with Crippen molar-refractivity contribution in [1.29, 1.82) is 0 Å². The minimum atomic E-state index is -3.81. The third-order valence-corrected chi connectivity index (χ3v) is 10.3. The molecule has 1 unspecified atom stereocenters. The lowest BCUT2D eigenvalue weighted by molar-refractivity contribution is -0.162. The molecule has 7 heteroatoms. The molecule has 1 N–H and O–H groups in total. The summed E-state index contributed by atoms with van der Waals surface area (Å²) in [6.45, 7) is 12.5. The minimum Gasteiger partial charge on any atom is -0.469 e. The smallest absolute Gasteiger partial charge is 0.311 e. The van der Waals surface area contributed by atoms with Crippen LogP contribution in [0.25, 0.3) is 0 Å². The molecule has 0 spiro atoms. The number of allylic oxidation sites excluding steroid dienone is 3. The summed E-state index contributed by atoms with van der Waals surface area (Å²) in [6.07, 6.45) is 7.92. The number of ether oxygens (including phenoxy) is 1. The Balaban J connectivity index is 1.80. The molecule has 4 rings (SSSR count). The second-order valence-electron chi connectivity index (χ2n) is 11.4. The van der Waals surface area contributed by atoms with Crippen LogP contribution in [0, 0.1) is 29.1 Å². The average molecular weight is 499 g/mol. The van der Waals surface area contributed by atoms with Crippen LogP contribution in [0.5, 0.6) is 0 Å². The molecular formula is C28H38N2O4S. The molecular weight excluding hydrogens is 460 g/mol. The van der Waals surface area contributed by atoms with E-state index in [0.29, 0.717) is 6.42 Å². The molecule has 35 heavy (non-hydrogen) atoms. The van der Waals surface area contributed by atoms with Gasteiger partial charge < -0.3 is 4.74 Å². The van der Waals surface area contributed by atoms with Gasteiger partial charge in [0, 0.05) is 0 Å². The Morgan fingerprint density at radius 2 is 1.86 bits per heavy atom. The van der Waals surface area contributed by atoms with Crippen molar-refractivity contribution in [2.45, 2.75) is 77.5 Å². The van der Waals surface area contributed by atoms with Gasteiger partial charge in [-0.1, -0.05) is 49.6 Å². The second kappa shape index (κ2) is 8.91. The van der Waals surface area contributed by atoms with E-state index in [0.717, 1.165) is 55.4 Å². The van der Waals surface area contributed by atoms with Gasteiger partial charge in [-0.3, -0.25) is 4.79 Å². The number of aryl methyl sites for hydroxylation is 1. The van der Waals surface area contributed by atoms with Crippen molar-refractivity contribution in [2.75, 3.05) is 7.11 Å². The normalized spacial score (nSPS) is 34.1. The van der Waals surface area contributed by atoms with E-state index in [1.54, 1.807) is 24.3 Å². The van der Waals surface area contributed by atoms with E-state index in [1.165, 1.54) is 12.7 Å². The summed E-state index contributed by atoms with van der Waals surface area (Å²) in [7, 11) is -2.36. The molecule has 0 radical (unpaired) electrons. The van der Waals surface area contributed by atoms with Crippen molar-refractivity contribution in [3.8, 4) is 0 Å². The fourth-order valence-corrected chi connectivity index (χ4v) is 7.55. The Kier molecular flexibility index (Phi) is 6.54. The van der Waals surface area contributed by atoms with Crippen molar-refractivity contribution < 1.29 is 17.9 Å². The standard InChI is InChI=1S/C28H38N2O4S/c1-7-26(3)16-13-22-21(18-26)23(29-30-35(32,33)20-11-9-19(2)10-12-20)17-24-27(22,4)14-8-15-28(24,5)25(31)34-6/h7,9-12,24,30H,1,8,13-18H2,2-6H3/b29-23-/t24?,26-,27-,28-/m1/s1. The molecule has 1 aromatic carbocycles. The van der Waals surface area contributed by atoms with Crippen LogP contribution in [-0.2, 0) is 19.6 Å². The van der Waals surface area contributed by atoms with E-state index in [4.69, 9.17) is 4.74 Å². The Hall–Kier alpha value is -2.41. The van der Waals surface area contributed by atoms with Gasteiger partial charge >= 0.3 is 5.97 Å². The van der Waals surface area contributed by atoms with Gasteiger partial charge in [0.2, 0.25) is 0 Å². The zero-order chi connectivity index (χ0) is 25.6. The lowest BCUT2D eigenvalue weighted by atomic mass is 9.47. The van der Waals surface area contributed by atoms with Crippen LogP contribution in [0.3, 0.4) is 0 Å². The maximum absolute atomic E-state index is 13.0. The van der Waals surface area contributed by atoms with E-state index < -0.39 is 15.4 Å². The lowest BCUT2D eigenvalue weighted by Gasteiger charge is -2.56. The van der Waals surface area contributed by atoms with E-state index in [9.17, 15) is 13.2 Å². The van der Waals surface area contributed by atoms with Crippen LogP contribution in [0.15, 0.2) is 58.1 Å². The third-order valence-electron chi connectivity index (χ3n) is 9.03. The Bertz CT molecular complexity index is 1200. The first kappa shape index (κ1) is 25.7. The Morgan fingerprint density at radius 1 is 1.17 bits per heavy atom. The topological polar surface area (TPSA) is 84.8 Å². The fourth-order valence-electron chi connectivity index (χ4n) is 6.72. The third kappa shape index (κ3) is 4.37. The van der Waals surface area contributed by atoms with Crippen molar-refractivity contribution in [2.24, 2.45) is 27.3 Å². The number of hydrogen-bond acceptors (Lipinski definition) is 5. The zero-order valence-corrected chi connectivity index (χ0v) is 22.4. The average Bonchev–Trinajstić information content (AvgIpc) is 2.82.